The molecule has 3 rings (SSSR count). The third kappa shape index (κ3) is 2.64. The van der Waals surface area contributed by atoms with Crippen LogP contribution >= 0.6 is 11.3 Å². The molecule has 3 aromatic rings. The van der Waals surface area contributed by atoms with Crippen LogP contribution in [0.2, 0.25) is 0 Å². The Morgan fingerprint density at radius 3 is 2.77 bits per heavy atom. The molecule has 0 aliphatic heterocycles. The Morgan fingerprint density at radius 2 is 2.00 bits per heavy atom. The molecule has 22 heavy (non-hydrogen) atoms. The SMILES string of the molecule is Cc1ccccc1OCCn1cnc2sc(C)c(C)c2c1=O. The topological polar surface area (TPSA) is 44.1 Å². The summed E-state index contributed by atoms with van der Waals surface area (Å²) in [4.78, 5) is 18.9. The molecule has 0 fully saturated rings. The molecule has 0 aliphatic rings. The zero-order chi connectivity index (χ0) is 15.7. The first kappa shape index (κ1) is 14.8. The van der Waals surface area contributed by atoms with E-state index in [0.29, 0.717) is 13.2 Å². The van der Waals surface area contributed by atoms with E-state index >= 15 is 0 Å². The van der Waals surface area contributed by atoms with Gasteiger partial charge in [0.15, 0.2) is 0 Å². The van der Waals surface area contributed by atoms with Crippen LogP contribution in [-0.4, -0.2) is 16.2 Å². The summed E-state index contributed by atoms with van der Waals surface area (Å²) < 4.78 is 7.38. The molecular formula is C17H18N2O2S. The number of fused-ring (bicyclic) bond motifs is 1. The summed E-state index contributed by atoms with van der Waals surface area (Å²) in [5, 5.41) is 0.737. The van der Waals surface area contributed by atoms with Gasteiger partial charge in [0.05, 0.1) is 18.3 Å². The molecule has 0 saturated heterocycles. The van der Waals surface area contributed by atoms with Crippen LogP contribution in [0.4, 0.5) is 0 Å². The van der Waals surface area contributed by atoms with Crippen LogP contribution in [0.1, 0.15) is 16.0 Å². The highest BCUT2D eigenvalue weighted by atomic mass is 32.1. The van der Waals surface area contributed by atoms with Gasteiger partial charge in [0.25, 0.3) is 5.56 Å². The van der Waals surface area contributed by atoms with Crippen LogP contribution in [0.3, 0.4) is 0 Å². The number of hydrogen-bond acceptors (Lipinski definition) is 4. The van der Waals surface area contributed by atoms with E-state index in [9.17, 15) is 4.79 Å². The maximum absolute atomic E-state index is 12.5. The first-order valence-electron chi connectivity index (χ1n) is 7.21. The van der Waals surface area contributed by atoms with Gasteiger partial charge in [-0.3, -0.25) is 9.36 Å². The van der Waals surface area contributed by atoms with Crippen molar-refractivity contribution in [2.45, 2.75) is 27.3 Å². The Labute approximate surface area is 133 Å². The van der Waals surface area contributed by atoms with E-state index in [-0.39, 0.29) is 5.56 Å². The summed E-state index contributed by atoms with van der Waals surface area (Å²) in [6.07, 6.45) is 1.61. The maximum Gasteiger partial charge on any atom is 0.262 e. The van der Waals surface area contributed by atoms with Crippen LogP contribution in [0.25, 0.3) is 10.2 Å². The van der Waals surface area contributed by atoms with Gasteiger partial charge in [0, 0.05) is 4.88 Å². The molecule has 4 nitrogen and oxygen atoms in total. The molecule has 0 aliphatic carbocycles. The van der Waals surface area contributed by atoms with E-state index in [1.165, 1.54) is 0 Å². The van der Waals surface area contributed by atoms with Crippen molar-refractivity contribution in [2.24, 2.45) is 0 Å². The average molecular weight is 314 g/mol. The van der Waals surface area contributed by atoms with Gasteiger partial charge in [-0.2, -0.15) is 0 Å². The molecule has 0 bridgehead atoms. The highest BCUT2D eigenvalue weighted by Crippen LogP contribution is 2.25. The van der Waals surface area contributed by atoms with Gasteiger partial charge in [-0.25, -0.2) is 4.98 Å². The Hall–Kier alpha value is -2.14. The third-order valence-electron chi connectivity index (χ3n) is 3.84. The summed E-state index contributed by atoms with van der Waals surface area (Å²) in [6.45, 7) is 6.94. The van der Waals surface area contributed by atoms with E-state index in [0.717, 1.165) is 32.0 Å². The van der Waals surface area contributed by atoms with Gasteiger partial charge in [-0.15, -0.1) is 11.3 Å². The number of para-hydroxylation sites is 1. The number of benzene rings is 1. The fraction of sp³-hybridized carbons (Fsp3) is 0.294. The van der Waals surface area contributed by atoms with Gasteiger partial charge < -0.3 is 4.74 Å². The molecule has 114 valence electrons. The van der Waals surface area contributed by atoms with E-state index < -0.39 is 0 Å². The first-order chi connectivity index (χ1) is 10.6. The van der Waals surface area contributed by atoms with Crippen LogP contribution in [0.5, 0.6) is 5.75 Å². The smallest absolute Gasteiger partial charge is 0.262 e. The average Bonchev–Trinajstić information content (AvgIpc) is 2.79. The second-order valence-electron chi connectivity index (χ2n) is 5.32. The molecule has 1 aromatic carbocycles. The zero-order valence-corrected chi connectivity index (χ0v) is 13.7. The quantitative estimate of drug-likeness (QED) is 0.741. The first-order valence-corrected chi connectivity index (χ1v) is 8.03. The molecule has 0 amide bonds. The molecule has 5 heteroatoms. The van der Waals surface area contributed by atoms with E-state index in [2.05, 4.69) is 4.98 Å². The largest absolute Gasteiger partial charge is 0.491 e. The Morgan fingerprint density at radius 1 is 1.23 bits per heavy atom. The lowest BCUT2D eigenvalue weighted by molar-refractivity contribution is 0.294. The molecular weight excluding hydrogens is 296 g/mol. The van der Waals surface area contributed by atoms with Crippen LogP contribution < -0.4 is 10.3 Å². The molecule has 2 heterocycles. The number of nitrogens with zero attached hydrogens (tertiary/aromatic N) is 2. The Bertz CT molecular complexity index is 880. The lowest BCUT2D eigenvalue weighted by Crippen LogP contribution is -2.23. The monoisotopic (exact) mass is 314 g/mol. The van der Waals surface area contributed by atoms with Gasteiger partial charge >= 0.3 is 0 Å². The van der Waals surface area contributed by atoms with E-state index in [4.69, 9.17) is 4.74 Å². The fourth-order valence-electron chi connectivity index (χ4n) is 2.40. The normalized spacial score (nSPS) is 11.0. The minimum absolute atomic E-state index is 0.0141. The zero-order valence-electron chi connectivity index (χ0n) is 12.9. The van der Waals surface area contributed by atoms with Crippen molar-refractivity contribution in [3.63, 3.8) is 0 Å². The second kappa shape index (κ2) is 5.93. The van der Waals surface area contributed by atoms with Gasteiger partial charge in [0.1, 0.15) is 17.2 Å². The lowest BCUT2D eigenvalue weighted by Gasteiger charge is -2.10. The number of aryl methyl sites for hydroxylation is 3. The number of hydrogen-bond donors (Lipinski definition) is 0. The Kier molecular flexibility index (Phi) is 3.98. The van der Waals surface area contributed by atoms with Crippen molar-refractivity contribution in [3.8, 4) is 5.75 Å². The van der Waals surface area contributed by atoms with Crippen molar-refractivity contribution >= 4 is 21.6 Å². The minimum atomic E-state index is 0.0141. The minimum Gasteiger partial charge on any atom is -0.491 e. The lowest BCUT2D eigenvalue weighted by atomic mass is 10.2. The van der Waals surface area contributed by atoms with Crippen molar-refractivity contribution in [2.75, 3.05) is 6.61 Å². The van der Waals surface area contributed by atoms with E-state index in [1.807, 2.05) is 45.0 Å². The highest BCUT2D eigenvalue weighted by Gasteiger charge is 2.11. The van der Waals surface area contributed by atoms with E-state index in [1.54, 1.807) is 22.2 Å². The fourth-order valence-corrected chi connectivity index (χ4v) is 3.39. The number of thiophene rings is 1. The van der Waals surface area contributed by atoms with Gasteiger partial charge in [0.2, 0.25) is 0 Å². The molecule has 2 aromatic heterocycles. The number of aromatic nitrogens is 2. The summed E-state index contributed by atoms with van der Waals surface area (Å²) >= 11 is 1.57. The number of rotatable bonds is 4. The van der Waals surface area contributed by atoms with Gasteiger partial charge in [-0.1, -0.05) is 18.2 Å². The molecule has 0 unspecified atom stereocenters. The van der Waals surface area contributed by atoms with Crippen molar-refractivity contribution in [3.05, 3.63) is 57.0 Å². The number of ether oxygens (including phenoxy) is 1. The standard InChI is InChI=1S/C17H18N2O2S/c1-11-6-4-5-7-14(11)21-9-8-19-10-18-16-15(17(19)20)12(2)13(3)22-16/h4-7,10H,8-9H2,1-3H3. The predicted molar refractivity (Wildman–Crippen MR) is 90.0 cm³/mol. The molecule has 0 atom stereocenters. The summed E-state index contributed by atoms with van der Waals surface area (Å²) in [5.41, 5.74) is 2.14. The predicted octanol–water partition coefficient (Wildman–Crippen LogP) is 3.46. The second-order valence-corrected chi connectivity index (χ2v) is 6.52. The van der Waals surface area contributed by atoms with Crippen LogP contribution in [-0.2, 0) is 6.54 Å². The molecule has 0 saturated carbocycles. The van der Waals surface area contributed by atoms with Crippen molar-refractivity contribution < 1.29 is 4.74 Å². The van der Waals surface area contributed by atoms with Crippen LogP contribution in [0.15, 0.2) is 35.4 Å². The van der Waals surface area contributed by atoms with Crippen molar-refractivity contribution in [1.29, 1.82) is 0 Å². The maximum atomic E-state index is 12.5. The third-order valence-corrected chi connectivity index (χ3v) is 4.95. The molecule has 0 N–H and O–H groups in total. The highest BCUT2D eigenvalue weighted by molar-refractivity contribution is 7.18. The molecule has 0 spiro atoms. The van der Waals surface area contributed by atoms with Crippen LogP contribution in [0, 0.1) is 20.8 Å². The summed E-state index contributed by atoms with van der Waals surface area (Å²) in [7, 11) is 0. The summed E-state index contributed by atoms with van der Waals surface area (Å²) in [6, 6.07) is 7.87. The molecule has 0 radical (unpaired) electrons. The summed E-state index contributed by atoms with van der Waals surface area (Å²) in [5.74, 6) is 0.854. The van der Waals surface area contributed by atoms with Gasteiger partial charge in [-0.05, 0) is 38.0 Å². The Balaban J connectivity index is 1.80. The van der Waals surface area contributed by atoms with Crippen molar-refractivity contribution in [1.82, 2.24) is 9.55 Å².